The van der Waals surface area contributed by atoms with Crippen molar-refractivity contribution in [3.8, 4) is 0 Å². The van der Waals surface area contributed by atoms with Crippen LogP contribution in [0.5, 0.6) is 0 Å². The van der Waals surface area contributed by atoms with E-state index in [1.165, 1.54) is 19.3 Å². The highest BCUT2D eigenvalue weighted by Gasteiger charge is 2.28. The third-order valence-corrected chi connectivity index (χ3v) is 6.15. The number of pyridine rings is 1. The molecule has 7 heteroatoms. The van der Waals surface area contributed by atoms with Gasteiger partial charge in [0.05, 0.1) is 12.5 Å². The fraction of sp³-hybridized carbons (Fsp3) is 0.650. The highest BCUT2D eigenvalue weighted by atomic mass is 79.9. The fourth-order valence-corrected chi connectivity index (χ4v) is 4.31. The molecule has 2 N–H and O–H groups in total. The number of anilines is 1. The summed E-state index contributed by atoms with van der Waals surface area (Å²) in [6.45, 7) is 4.09. The average Bonchev–Trinajstić information content (AvgIpc) is 2.65. The predicted molar refractivity (Wildman–Crippen MR) is 109 cm³/mol. The van der Waals surface area contributed by atoms with Gasteiger partial charge in [0.1, 0.15) is 5.82 Å². The van der Waals surface area contributed by atoms with E-state index in [0.29, 0.717) is 30.9 Å². The first-order valence-corrected chi connectivity index (χ1v) is 10.7. The van der Waals surface area contributed by atoms with Gasteiger partial charge in [0.25, 0.3) is 0 Å². The number of amides is 2. The van der Waals surface area contributed by atoms with Gasteiger partial charge >= 0.3 is 0 Å². The average molecular weight is 437 g/mol. The van der Waals surface area contributed by atoms with Crippen LogP contribution in [-0.4, -0.2) is 47.4 Å². The number of hydrogen-bond donors (Lipinski definition) is 2. The van der Waals surface area contributed by atoms with Gasteiger partial charge in [0.15, 0.2) is 0 Å². The summed E-state index contributed by atoms with van der Waals surface area (Å²) in [5, 5.41) is 6.10. The molecule has 0 radical (unpaired) electrons. The van der Waals surface area contributed by atoms with Gasteiger partial charge < -0.3 is 10.6 Å². The van der Waals surface area contributed by atoms with Crippen LogP contribution in [0.15, 0.2) is 22.8 Å². The third kappa shape index (κ3) is 6.01. The first-order valence-electron chi connectivity index (χ1n) is 9.95. The lowest BCUT2D eigenvalue weighted by atomic mass is 9.86. The van der Waals surface area contributed by atoms with Crippen molar-refractivity contribution in [3.63, 3.8) is 0 Å². The van der Waals surface area contributed by atoms with Crippen molar-refractivity contribution in [1.29, 1.82) is 0 Å². The standard InChI is InChI=1S/C20H29BrN4O2/c1-14-5-2-3-7-17(14)23-19(26)13-25-10-4-6-15(12-25)20(27)24-18-9-8-16(21)11-22-18/h8-9,11,14-15,17H,2-7,10,12-13H2,1H3,(H,23,26)(H,22,24,27). The lowest BCUT2D eigenvalue weighted by Gasteiger charge is -2.33. The van der Waals surface area contributed by atoms with Gasteiger partial charge in [-0.3, -0.25) is 14.5 Å². The zero-order chi connectivity index (χ0) is 19.2. The van der Waals surface area contributed by atoms with Gasteiger partial charge in [-0.15, -0.1) is 0 Å². The number of hydrogen-bond acceptors (Lipinski definition) is 4. The highest BCUT2D eigenvalue weighted by molar-refractivity contribution is 9.10. The molecule has 1 aliphatic heterocycles. The second-order valence-electron chi connectivity index (χ2n) is 7.86. The fourth-order valence-electron chi connectivity index (χ4n) is 4.08. The molecule has 1 saturated heterocycles. The van der Waals surface area contributed by atoms with Crippen LogP contribution in [0, 0.1) is 11.8 Å². The molecule has 2 aliphatic rings. The summed E-state index contributed by atoms with van der Waals surface area (Å²) < 4.78 is 0.877. The zero-order valence-electron chi connectivity index (χ0n) is 15.9. The number of carbonyl (C=O) groups is 2. The summed E-state index contributed by atoms with van der Waals surface area (Å²) >= 11 is 3.34. The molecule has 1 aliphatic carbocycles. The predicted octanol–water partition coefficient (Wildman–Crippen LogP) is 3.19. The lowest BCUT2D eigenvalue weighted by molar-refractivity contribution is -0.126. The van der Waals surface area contributed by atoms with E-state index in [1.807, 2.05) is 6.07 Å². The Morgan fingerprint density at radius 3 is 2.78 bits per heavy atom. The Kier molecular flexibility index (Phi) is 7.24. The number of likely N-dealkylation sites (tertiary alicyclic amines) is 1. The van der Waals surface area contributed by atoms with Crippen molar-refractivity contribution in [3.05, 3.63) is 22.8 Å². The second-order valence-corrected chi connectivity index (χ2v) is 8.78. The second kappa shape index (κ2) is 9.64. The summed E-state index contributed by atoms with van der Waals surface area (Å²) in [6.07, 6.45) is 8.19. The summed E-state index contributed by atoms with van der Waals surface area (Å²) in [6, 6.07) is 3.94. The smallest absolute Gasteiger partial charge is 0.234 e. The van der Waals surface area contributed by atoms with E-state index in [-0.39, 0.29) is 17.7 Å². The molecule has 27 heavy (non-hydrogen) atoms. The number of nitrogens with one attached hydrogen (secondary N) is 2. The van der Waals surface area contributed by atoms with Crippen LogP contribution in [0.3, 0.4) is 0 Å². The van der Waals surface area contributed by atoms with Crippen LogP contribution in [-0.2, 0) is 9.59 Å². The van der Waals surface area contributed by atoms with Crippen LogP contribution in [0.25, 0.3) is 0 Å². The van der Waals surface area contributed by atoms with E-state index < -0.39 is 0 Å². The normalized spacial score (nSPS) is 26.4. The van der Waals surface area contributed by atoms with Crippen molar-refractivity contribution < 1.29 is 9.59 Å². The molecular formula is C20H29BrN4O2. The first kappa shape index (κ1) is 20.3. The van der Waals surface area contributed by atoms with Crippen molar-refractivity contribution >= 4 is 33.6 Å². The van der Waals surface area contributed by atoms with Gasteiger partial charge in [0.2, 0.25) is 11.8 Å². The molecule has 1 aromatic rings. The Labute approximate surface area is 169 Å². The van der Waals surface area contributed by atoms with E-state index in [1.54, 1.807) is 12.3 Å². The minimum Gasteiger partial charge on any atom is -0.352 e. The Morgan fingerprint density at radius 2 is 2.04 bits per heavy atom. The molecule has 1 aromatic heterocycles. The molecule has 0 spiro atoms. The van der Waals surface area contributed by atoms with Crippen LogP contribution in [0.2, 0.25) is 0 Å². The van der Waals surface area contributed by atoms with E-state index in [2.05, 4.69) is 43.4 Å². The maximum atomic E-state index is 12.6. The van der Waals surface area contributed by atoms with Gasteiger partial charge in [0, 0.05) is 23.3 Å². The molecule has 148 valence electrons. The highest BCUT2D eigenvalue weighted by Crippen LogP contribution is 2.24. The number of rotatable bonds is 5. The third-order valence-electron chi connectivity index (χ3n) is 5.68. The molecule has 6 nitrogen and oxygen atoms in total. The number of halogens is 1. The molecule has 2 heterocycles. The minimum absolute atomic E-state index is 0.0177. The summed E-state index contributed by atoms with van der Waals surface area (Å²) in [7, 11) is 0. The molecule has 3 atom stereocenters. The van der Waals surface area contributed by atoms with E-state index >= 15 is 0 Å². The molecule has 2 amide bonds. The van der Waals surface area contributed by atoms with Crippen LogP contribution < -0.4 is 10.6 Å². The molecule has 1 saturated carbocycles. The van der Waals surface area contributed by atoms with Gasteiger partial charge in [-0.25, -0.2) is 4.98 Å². The van der Waals surface area contributed by atoms with Crippen molar-refractivity contribution in [1.82, 2.24) is 15.2 Å². The van der Waals surface area contributed by atoms with Crippen molar-refractivity contribution in [2.45, 2.75) is 51.5 Å². The van der Waals surface area contributed by atoms with Gasteiger partial charge in [-0.05, 0) is 66.2 Å². The maximum absolute atomic E-state index is 12.6. The van der Waals surface area contributed by atoms with E-state index in [0.717, 1.165) is 30.3 Å². The minimum atomic E-state index is -0.106. The van der Waals surface area contributed by atoms with E-state index in [4.69, 9.17) is 0 Å². The first-order chi connectivity index (χ1) is 13.0. The number of nitrogens with zero attached hydrogens (tertiary/aromatic N) is 2. The van der Waals surface area contributed by atoms with Crippen LogP contribution >= 0.6 is 15.9 Å². The summed E-state index contributed by atoms with van der Waals surface area (Å²) in [5.74, 6) is 1.08. The molecule has 3 rings (SSSR count). The number of aromatic nitrogens is 1. The summed E-state index contributed by atoms with van der Waals surface area (Å²) in [5.41, 5.74) is 0. The topological polar surface area (TPSA) is 74.3 Å². The maximum Gasteiger partial charge on any atom is 0.234 e. The Hall–Kier alpha value is -1.47. The SMILES string of the molecule is CC1CCCCC1NC(=O)CN1CCCC(C(=O)Nc2ccc(Br)cn2)C1. The number of piperidine rings is 1. The van der Waals surface area contributed by atoms with Crippen molar-refractivity contribution in [2.75, 3.05) is 25.0 Å². The van der Waals surface area contributed by atoms with Gasteiger partial charge in [-0.1, -0.05) is 19.8 Å². The Morgan fingerprint density at radius 1 is 1.22 bits per heavy atom. The van der Waals surface area contributed by atoms with Gasteiger partial charge in [-0.2, -0.15) is 0 Å². The summed E-state index contributed by atoms with van der Waals surface area (Å²) in [4.78, 5) is 31.3. The molecular weight excluding hydrogens is 408 g/mol. The van der Waals surface area contributed by atoms with Crippen LogP contribution in [0.4, 0.5) is 5.82 Å². The molecule has 3 unspecified atom stereocenters. The van der Waals surface area contributed by atoms with Crippen LogP contribution in [0.1, 0.15) is 45.4 Å². The van der Waals surface area contributed by atoms with Crippen molar-refractivity contribution in [2.24, 2.45) is 11.8 Å². The lowest BCUT2D eigenvalue weighted by Crippen LogP contribution is -2.48. The monoisotopic (exact) mass is 436 g/mol. The molecule has 2 fully saturated rings. The molecule has 0 aromatic carbocycles. The number of carbonyl (C=O) groups excluding carboxylic acids is 2. The Balaban J connectivity index is 1.47. The largest absolute Gasteiger partial charge is 0.352 e. The molecule has 0 bridgehead atoms. The quantitative estimate of drug-likeness (QED) is 0.742. The Bertz CT molecular complexity index is 652. The zero-order valence-corrected chi connectivity index (χ0v) is 17.5. The van der Waals surface area contributed by atoms with E-state index in [9.17, 15) is 9.59 Å².